The molecule has 2 aromatic carbocycles. The second-order valence-electron chi connectivity index (χ2n) is 4.01. The predicted octanol–water partition coefficient (Wildman–Crippen LogP) is 4.13. The number of halogens is 3. The summed E-state index contributed by atoms with van der Waals surface area (Å²) in [5.74, 6) is -0.704. The molecule has 0 bridgehead atoms. The minimum Gasteiger partial charge on any atom is -0.374 e. The van der Waals surface area contributed by atoms with Gasteiger partial charge in [0.2, 0.25) is 5.91 Å². The first-order valence-corrected chi connectivity index (χ1v) is 7.25. The van der Waals surface area contributed by atoms with Crippen molar-refractivity contribution in [1.29, 1.82) is 0 Å². The summed E-state index contributed by atoms with van der Waals surface area (Å²) < 4.78 is 14.4. The van der Waals surface area contributed by atoms with Crippen LogP contribution in [0.3, 0.4) is 0 Å². The molecule has 2 aromatic rings. The molecule has 0 unspecified atom stereocenters. The van der Waals surface area contributed by atoms with Crippen LogP contribution in [0.15, 0.2) is 42.5 Å². The van der Waals surface area contributed by atoms with Gasteiger partial charge in [-0.25, -0.2) is 4.39 Å². The second kappa shape index (κ2) is 6.90. The normalized spacial score (nSPS) is 10.2. The minimum atomic E-state index is -0.448. The molecule has 0 aliphatic carbocycles. The molecular weight excluding hydrogens is 394 g/mol. The van der Waals surface area contributed by atoms with E-state index in [0.717, 1.165) is 9.26 Å². The minimum absolute atomic E-state index is 0.0394. The van der Waals surface area contributed by atoms with Gasteiger partial charge in [-0.05, 0) is 52.9 Å². The van der Waals surface area contributed by atoms with Crippen molar-refractivity contribution >= 4 is 51.5 Å². The Morgan fingerprint density at radius 1 is 1.20 bits per heavy atom. The smallest absolute Gasteiger partial charge is 0.243 e. The quantitative estimate of drug-likeness (QED) is 0.752. The molecule has 0 fully saturated rings. The zero-order valence-corrected chi connectivity index (χ0v) is 13.2. The molecule has 0 atom stereocenters. The number of benzene rings is 2. The van der Waals surface area contributed by atoms with Crippen LogP contribution in [0.4, 0.5) is 15.8 Å². The topological polar surface area (TPSA) is 41.1 Å². The molecular formula is C14H11ClFIN2O. The molecule has 0 radical (unpaired) electrons. The molecule has 3 nitrogen and oxygen atoms in total. The lowest BCUT2D eigenvalue weighted by Gasteiger charge is -2.10. The van der Waals surface area contributed by atoms with Crippen LogP contribution in [-0.2, 0) is 4.79 Å². The highest BCUT2D eigenvalue weighted by Crippen LogP contribution is 2.20. The molecule has 2 rings (SSSR count). The van der Waals surface area contributed by atoms with Crippen molar-refractivity contribution in [3.05, 3.63) is 56.9 Å². The van der Waals surface area contributed by atoms with Crippen molar-refractivity contribution in [1.82, 2.24) is 0 Å². The Labute approximate surface area is 134 Å². The third kappa shape index (κ3) is 4.08. The second-order valence-corrected chi connectivity index (χ2v) is 5.60. The van der Waals surface area contributed by atoms with Gasteiger partial charge in [0.05, 0.1) is 17.9 Å². The molecule has 0 saturated carbocycles. The summed E-state index contributed by atoms with van der Waals surface area (Å²) >= 11 is 7.91. The third-order valence-corrected chi connectivity index (χ3v) is 3.69. The van der Waals surface area contributed by atoms with Gasteiger partial charge in [-0.3, -0.25) is 4.79 Å². The Hall–Kier alpha value is -1.34. The summed E-state index contributed by atoms with van der Waals surface area (Å²) in [6, 6.07) is 11.6. The number of carbonyl (C=O) groups excluding carboxylic acids is 1. The number of nitrogens with one attached hydrogen (secondary N) is 2. The van der Waals surface area contributed by atoms with Crippen molar-refractivity contribution in [3.8, 4) is 0 Å². The number of rotatable bonds is 4. The molecule has 6 heteroatoms. The van der Waals surface area contributed by atoms with E-state index in [-0.39, 0.29) is 18.1 Å². The first kappa shape index (κ1) is 15.1. The van der Waals surface area contributed by atoms with E-state index in [1.54, 1.807) is 6.07 Å². The maximum Gasteiger partial charge on any atom is 0.243 e. The maximum absolute atomic E-state index is 13.5. The van der Waals surface area contributed by atoms with E-state index < -0.39 is 5.82 Å². The van der Waals surface area contributed by atoms with Crippen LogP contribution in [0.2, 0.25) is 5.02 Å². The van der Waals surface area contributed by atoms with Crippen molar-refractivity contribution in [3.63, 3.8) is 0 Å². The van der Waals surface area contributed by atoms with Crippen molar-refractivity contribution < 1.29 is 9.18 Å². The highest BCUT2D eigenvalue weighted by atomic mass is 127. The predicted molar refractivity (Wildman–Crippen MR) is 87.7 cm³/mol. The van der Waals surface area contributed by atoms with Gasteiger partial charge in [0.25, 0.3) is 0 Å². The lowest BCUT2D eigenvalue weighted by atomic mass is 10.3. The van der Waals surface area contributed by atoms with E-state index >= 15 is 0 Å². The van der Waals surface area contributed by atoms with E-state index in [1.807, 2.05) is 18.2 Å². The summed E-state index contributed by atoms with van der Waals surface area (Å²) in [6.07, 6.45) is 0. The molecule has 0 heterocycles. The average molecular weight is 405 g/mol. The largest absolute Gasteiger partial charge is 0.374 e. The van der Waals surface area contributed by atoms with Crippen molar-refractivity contribution in [2.75, 3.05) is 17.2 Å². The fourth-order valence-electron chi connectivity index (χ4n) is 1.57. The number of hydrogen-bond donors (Lipinski definition) is 2. The van der Waals surface area contributed by atoms with Crippen LogP contribution in [0.1, 0.15) is 0 Å². The lowest BCUT2D eigenvalue weighted by Crippen LogP contribution is -2.22. The number of carbonyl (C=O) groups is 1. The van der Waals surface area contributed by atoms with Gasteiger partial charge in [-0.15, -0.1) is 0 Å². The van der Waals surface area contributed by atoms with Gasteiger partial charge < -0.3 is 10.6 Å². The zero-order valence-electron chi connectivity index (χ0n) is 10.3. The van der Waals surface area contributed by atoms with Crippen molar-refractivity contribution in [2.45, 2.75) is 0 Å². The van der Waals surface area contributed by atoms with Gasteiger partial charge in [-0.1, -0.05) is 23.7 Å². The monoisotopic (exact) mass is 404 g/mol. The maximum atomic E-state index is 13.5. The SMILES string of the molecule is O=C(CNc1cc(Cl)ccc1F)Nc1ccccc1I. The Kier molecular flexibility index (Phi) is 5.19. The van der Waals surface area contributed by atoms with Gasteiger partial charge in [0.15, 0.2) is 0 Å². The molecule has 0 aromatic heterocycles. The van der Waals surface area contributed by atoms with Crippen LogP contribution in [0.25, 0.3) is 0 Å². The van der Waals surface area contributed by atoms with Crippen LogP contribution in [0.5, 0.6) is 0 Å². The molecule has 0 saturated heterocycles. The summed E-state index contributed by atoms with van der Waals surface area (Å²) in [7, 11) is 0. The number of anilines is 2. The molecule has 0 aliphatic rings. The Morgan fingerprint density at radius 2 is 1.95 bits per heavy atom. The van der Waals surface area contributed by atoms with E-state index in [2.05, 4.69) is 33.2 Å². The van der Waals surface area contributed by atoms with Gasteiger partial charge in [0.1, 0.15) is 5.82 Å². The number of para-hydroxylation sites is 1. The lowest BCUT2D eigenvalue weighted by molar-refractivity contribution is -0.114. The summed E-state index contributed by atoms with van der Waals surface area (Å²) in [6.45, 7) is -0.0394. The molecule has 104 valence electrons. The Balaban J connectivity index is 1.96. The molecule has 0 aliphatic heterocycles. The highest BCUT2D eigenvalue weighted by Gasteiger charge is 2.07. The van der Waals surface area contributed by atoms with E-state index in [9.17, 15) is 9.18 Å². The summed E-state index contributed by atoms with van der Waals surface area (Å²) in [5.41, 5.74) is 0.932. The Morgan fingerprint density at radius 3 is 2.70 bits per heavy atom. The zero-order chi connectivity index (χ0) is 14.5. The van der Waals surface area contributed by atoms with Gasteiger partial charge >= 0.3 is 0 Å². The van der Waals surface area contributed by atoms with Crippen molar-refractivity contribution in [2.24, 2.45) is 0 Å². The third-order valence-electron chi connectivity index (χ3n) is 2.52. The highest BCUT2D eigenvalue weighted by molar-refractivity contribution is 14.1. The number of hydrogen-bond acceptors (Lipinski definition) is 2. The fraction of sp³-hybridized carbons (Fsp3) is 0.0714. The fourth-order valence-corrected chi connectivity index (χ4v) is 2.26. The van der Waals surface area contributed by atoms with E-state index in [1.165, 1.54) is 18.2 Å². The standard InChI is InChI=1S/C14H11ClFIN2O/c15-9-5-6-10(16)13(7-9)18-8-14(20)19-12-4-2-1-3-11(12)17/h1-7,18H,8H2,(H,19,20). The van der Waals surface area contributed by atoms with Gasteiger partial charge in [0, 0.05) is 8.59 Å². The summed E-state index contributed by atoms with van der Waals surface area (Å²) in [5, 5.41) is 5.88. The van der Waals surface area contributed by atoms with Crippen LogP contribution in [-0.4, -0.2) is 12.5 Å². The Bertz CT molecular complexity index is 636. The number of amides is 1. The molecule has 0 spiro atoms. The van der Waals surface area contributed by atoms with Crippen LogP contribution < -0.4 is 10.6 Å². The van der Waals surface area contributed by atoms with Crippen LogP contribution >= 0.6 is 34.2 Å². The first-order chi connectivity index (χ1) is 9.56. The van der Waals surface area contributed by atoms with Crippen LogP contribution in [0, 0.1) is 9.39 Å². The van der Waals surface area contributed by atoms with E-state index in [4.69, 9.17) is 11.6 Å². The molecule has 2 N–H and O–H groups in total. The molecule has 20 heavy (non-hydrogen) atoms. The average Bonchev–Trinajstić information content (AvgIpc) is 2.42. The van der Waals surface area contributed by atoms with E-state index in [0.29, 0.717) is 5.02 Å². The molecule has 1 amide bonds. The summed E-state index contributed by atoms with van der Waals surface area (Å²) in [4.78, 5) is 11.8. The first-order valence-electron chi connectivity index (χ1n) is 5.79. The van der Waals surface area contributed by atoms with Gasteiger partial charge in [-0.2, -0.15) is 0 Å².